The van der Waals surface area contributed by atoms with E-state index in [0.29, 0.717) is 22.8 Å². The van der Waals surface area contributed by atoms with Crippen molar-refractivity contribution < 1.29 is 14.5 Å². The number of methoxy groups -OCH3 is 1. The lowest BCUT2D eigenvalue weighted by atomic mass is 10.2. The van der Waals surface area contributed by atoms with Gasteiger partial charge in [0.05, 0.1) is 18.6 Å². The van der Waals surface area contributed by atoms with Crippen LogP contribution in [0.15, 0.2) is 42.0 Å². The molecule has 1 aromatic carbocycles. The Labute approximate surface area is 140 Å². The Morgan fingerprint density at radius 1 is 1.42 bits per heavy atom. The van der Waals surface area contributed by atoms with Crippen LogP contribution in [0.1, 0.15) is 15.2 Å². The molecule has 122 valence electrons. The summed E-state index contributed by atoms with van der Waals surface area (Å²) in [5, 5.41) is 17.0. The van der Waals surface area contributed by atoms with Crippen molar-refractivity contribution in [3.63, 3.8) is 0 Å². The first-order chi connectivity index (χ1) is 11.6. The average Bonchev–Trinajstić information content (AvgIpc) is 3.24. The second-order valence-corrected chi connectivity index (χ2v) is 5.76. The third-order valence-corrected chi connectivity index (χ3v) is 4.24. The third-order valence-electron chi connectivity index (χ3n) is 3.30. The molecule has 2 heterocycles. The molecular weight excluding hydrogens is 332 g/mol. The van der Waals surface area contributed by atoms with Gasteiger partial charge in [-0.25, -0.2) is 14.5 Å². The Morgan fingerprint density at radius 2 is 2.25 bits per heavy atom. The van der Waals surface area contributed by atoms with Crippen LogP contribution in [0.25, 0.3) is 11.4 Å². The quantitative estimate of drug-likeness (QED) is 0.401. The number of non-ortho nitro benzene ring substituents is 1. The van der Waals surface area contributed by atoms with Crippen LogP contribution in [0.5, 0.6) is 0 Å². The Kier molecular flexibility index (Phi) is 4.34. The van der Waals surface area contributed by atoms with Crippen LogP contribution in [0, 0.1) is 10.1 Å². The SMILES string of the molecule is COC(=O)c1sccc1Cn1cnc(-c2cccc([N+](=O)[O-])c2)n1. The molecule has 0 amide bonds. The molecule has 3 aromatic rings. The highest BCUT2D eigenvalue weighted by atomic mass is 32.1. The van der Waals surface area contributed by atoms with Crippen molar-refractivity contribution in [3.05, 3.63) is 62.6 Å². The second kappa shape index (κ2) is 6.59. The summed E-state index contributed by atoms with van der Waals surface area (Å²) in [6, 6.07) is 7.95. The zero-order chi connectivity index (χ0) is 17.1. The van der Waals surface area contributed by atoms with E-state index in [9.17, 15) is 14.9 Å². The van der Waals surface area contributed by atoms with Gasteiger partial charge < -0.3 is 4.74 Å². The fourth-order valence-corrected chi connectivity index (χ4v) is 3.00. The van der Waals surface area contributed by atoms with Gasteiger partial charge in [0, 0.05) is 17.7 Å². The van der Waals surface area contributed by atoms with Gasteiger partial charge in [-0.3, -0.25) is 10.1 Å². The van der Waals surface area contributed by atoms with Crippen molar-refractivity contribution in [1.82, 2.24) is 14.8 Å². The molecule has 0 unspecified atom stereocenters. The number of thiophene rings is 1. The molecule has 0 saturated heterocycles. The molecule has 3 rings (SSSR count). The molecule has 0 N–H and O–H groups in total. The van der Waals surface area contributed by atoms with Gasteiger partial charge in [-0.2, -0.15) is 5.10 Å². The van der Waals surface area contributed by atoms with Crippen LogP contribution < -0.4 is 0 Å². The van der Waals surface area contributed by atoms with Crippen molar-refractivity contribution in [2.75, 3.05) is 7.11 Å². The first-order valence-corrected chi connectivity index (χ1v) is 7.75. The zero-order valence-corrected chi connectivity index (χ0v) is 13.4. The summed E-state index contributed by atoms with van der Waals surface area (Å²) in [5.74, 6) is -0.00688. The second-order valence-electron chi connectivity index (χ2n) is 4.84. The van der Waals surface area contributed by atoms with Gasteiger partial charge in [-0.15, -0.1) is 11.3 Å². The van der Waals surface area contributed by atoms with E-state index in [2.05, 4.69) is 10.1 Å². The molecule has 0 aliphatic heterocycles. The van der Waals surface area contributed by atoms with Crippen LogP contribution in [0.4, 0.5) is 5.69 Å². The molecule has 0 bridgehead atoms. The van der Waals surface area contributed by atoms with E-state index >= 15 is 0 Å². The van der Waals surface area contributed by atoms with E-state index in [1.807, 2.05) is 6.07 Å². The maximum absolute atomic E-state index is 11.7. The summed E-state index contributed by atoms with van der Waals surface area (Å²) in [7, 11) is 1.34. The number of nitrogens with zero attached hydrogens (tertiary/aromatic N) is 4. The van der Waals surface area contributed by atoms with Crippen molar-refractivity contribution in [2.45, 2.75) is 6.54 Å². The van der Waals surface area contributed by atoms with Gasteiger partial charge in [0.1, 0.15) is 11.2 Å². The highest BCUT2D eigenvalue weighted by Crippen LogP contribution is 2.22. The van der Waals surface area contributed by atoms with Gasteiger partial charge in [0.15, 0.2) is 5.82 Å². The molecule has 2 aromatic heterocycles. The number of nitro groups is 1. The predicted octanol–water partition coefficient (Wildman–Crippen LogP) is 2.75. The topological polar surface area (TPSA) is 100 Å². The molecule has 0 aliphatic rings. The minimum absolute atomic E-state index is 0.0188. The maximum Gasteiger partial charge on any atom is 0.348 e. The number of carbonyl (C=O) groups excluding carboxylic acids is 1. The number of carbonyl (C=O) groups is 1. The molecule has 24 heavy (non-hydrogen) atoms. The summed E-state index contributed by atoms with van der Waals surface area (Å²) in [4.78, 5) is 26.8. The Bertz CT molecular complexity index is 902. The van der Waals surface area contributed by atoms with Gasteiger partial charge in [-0.05, 0) is 17.0 Å². The number of hydrogen-bond acceptors (Lipinski definition) is 7. The largest absolute Gasteiger partial charge is 0.465 e. The van der Waals surface area contributed by atoms with Crippen molar-refractivity contribution in [2.24, 2.45) is 0 Å². The van der Waals surface area contributed by atoms with Crippen LogP contribution in [-0.4, -0.2) is 32.8 Å². The molecule has 0 spiro atoms. The first-order valence-electron chi connectivity index (χ1n) is 6.87. The van der Waals surface area contributed by atoms with Crippen LogP contribution >= 0.6 is 11.3 Å². The Balaban J connectivity index is 1.84. The van der Waals surface area contributed by atoms with Gasteiger partial charge in [0.2, 0.25) is 0 Å². The number of aromatic nitrogens is 3. The van der Waals surface area contributed by atoms with Crippen molar-refractivity contribution >= 4 is 23.0 Å². The van der Waals surface area contributed by atoms with Gasteiger partial charge >= 0.3 is 5.97 Å². The summed E-state index contributed by atoms with van der Waals surface area (Å²) in [6.45, 7) is 0.357. The van der Waals surface area contributed by atoms with E-state index in [1.54, 1.807) is 22.2 Å². The zero-order valence-electron chi connectivity index (χ0n) is 12.6. The van der Waals surface area contributed by atoms with E-state index < -0.39 is 4.92 Å². The van der Waals surface area contributed by atoms with E-state index in [-0.39, 0.29) is 11.7 Å². The average molecular weight is 344 g/mol. The molecular formula is C15H12N4O4S. The first kappa shape index (κ1) is 15.8. The fourth-order valence-electron chi connectivity index (χ4n) is 2.17. The summed E-state index contributed by atoms with van der Waals surface area (Å²) < 4.78 is 6.32. The number of benzene rings is 1. The smallest absolute Gasteiger partial charge is 0.348 e. The predicted molar refractivity (Wildman–Crippen MR) is 86.9 cm³/mol. The van der Waals surface area contributed by atoms with E-state index in [4.69, 9.17) is 4.74 Å². The number of esters is 1. The maximum atomic E-state index is 11.7. The molecule has 0 atom stereocenters. The van der Waals surface area contributed by atoms with Gasteiger partial charge in [0.25, 0.3) is 5.69 Å². The number of rotatable bonds is 5. The minimum atomic E-state index is -0.464. The Hall–Kier alpha value is -3.07. The molecule has 0 radical (unpaired) electrons. The molecule has 8 nitrogen and oxygen atoms in total. The highest BCUT2D eigenvalue weighted by Gasteiger charge is 2.15. The van der Waals surface area contributed by atoms with E-state index in [1.165, 1.54) is 36.9 Å². The van der Waals surface area contributed by atoms with Crippen molar-refractivity contribution in [3.8, 4) is 11.4 Å². The molecule has 0 saturated carbocycles. The molecule has 9 heteroatoms. The normalized spacial score (nSPS) is 10.5. The van der Waals surface area contributed by atoms with E-state index in [0.717, 1.165) is 5.56 Å². The standard InChI is InChI=1S/C15H12N4O4S/c1-23-15(20)13-11(5-6-24-13)8-18-9-16-14(17-18)10-3-2-4-12(7-10)19(21)22/h2-7,9H,8H2,1H3. The third kappa shape index (κ3) is 3.15. The number of hydrogen-bond donors (Lipinski definition) is 0. The number of ether oxygens (including phenoxy) is 1. The monoisotopic (exact) mass is 344 g/mol. The van der Waals surface area contributed by atoms with Crippen LogP contribution in [0.3, 0.4) is 0 Å². The molecule has 0 fully saturated rings. The summed E-state index contributed by atoms with van der Waals surface area (Å²) in [6.07, 6.45) is 1.52. The van der Waals surface area contributed by atoms with Gasteiger partial charge in [-0.1, -0.05) is 12.1 Å². The summed E-state index contributed by atoms with van der Waals surface area (Å²) in [5.41, 5.74) is 1.32. The number of nitro benzene ring substituents is 1. The fraction of sp³-hybridized carbons (Fsp3) is 0.133. The lowest BCUT2D eigenvalue weighted by Gasteiger charge is -2.02. The summed E-state index contributed by atoms with van der Waals surface area (Å²) >= 11 is 1.30. The molecule has 0 aliphatic carbocycles. The van der Waals surface area contributed by atoms with Crippen LogP contribution in [0.2, 0.25) is 0 Å². The lowest BCUT2D eigenvalue weighted by Crippen LogP contribution is -2.06. The Morgan fingerprint density at radius 3 is 3.00 bits per heavy atom. The van der Waals surface area contributed by atoms with Crippen LogP contribution in [-0.2, 0) is 11.3 Å². The lowest BCUT2D eigenvalue weighted by molar-refractivity contribution is -0.384. The minimum Gasteiger partial charge on any atom is -0.465 e. The highest BCUT2D eigenvalue weighted by molar-refractivity contribution is 7.12. The van der Waals surface area contributed by atoms with Crippen molar-refractivity contribution in [1.29, 1.82) is 0 Å².